The van der Waals surface area contributed by atoms with Crippen LogP contribution in [-0.4, -0.2) is 57.6 Å². The Morgan fingerprint density at radius 3 is 2.37 bits per heavy atom. The molecule has 10 nitrogen and oxygen atoms in total. The molecule has 1 amide bonds. The molecule has 0 fully saturated rings. The molecule has 0 aliphatic carbocycles. The molecule has 5 rings (SSSR count). The highest BCUT2D eigenvalue weighted by atomic mass is 32.2. The first-order chi connectivity index (χ1) is 19.9. The van der Waals surface area contributed by atoms with Crippen LogP contribution in [0.5, 0.6) is 0 Å². The number of nitrogens with zero attached hydrogens (tertiary/aromatic N) is 4. The minimum absolute atomic E-state index is 0.0264. The zero-order valence-corrected chi connectivity index (χ0v) is 23.3. The molecule has 0 radical (unpaired) electrons. The largest absolute Gasteiger partial charge is 0.465 e. The first-order valence-corrected chi connectivity index (χ1v) is 13.5. The molecule has 0 aliphatic rings. The molecular formula is C30H25N5O5S. The summed E-state index contributed by atoms with van der Waals surface area (Å²) in [6.07, 6.45) is 0. The lowest BCUT2D eigenvalue weighted by Crippen LogP contribution is -2.18. The molecule has 2 aromatic heterocycles. The Kier molecular flexibility index (Phi) is 8.06. The molecule has 0 atom stereocenters. The van der Waals surface area contributed by atoms with Gasteiger partial charge in [0.15, 0.2) is 11.0 Å². The van der Waals surface area contributed by atoms with Gasteiger partial charge in [0, 0.05) is 23.6 Å². The fourth-order valence-electron chi connectivity index (χ4n) is 4.29. The minimum Gasteiger partial charge on any atom is -0.465 e. The van der Waals surface area contributed by atoms with Crippen molar-refractivity contribution >= 4 is 46.2 Å². The third-order valence-corrected chi connectivity index (χ3v) is 7.33. The number of hydrogen-bond acceptors (Lipinski definition) is 9. The summed E-state index contributed by atoms with van der Waals surface area (Å²) in [7, 11) is 4.32. The number of benzene rings is 3. The monoisotopic (exact) mass is 567 g/mol. The van der Waals surface area contributed by atoms with Gasteiger partial charge in [0.1, 0.15) is 0 Å². The Bertz CT molecular complexity index is 1770. The Morgan fingerprint density at radius 1 is 0.878 bits per heavy atom. The highest BCUT2D eigenvalue weighted by Crippen LogP contribution is 2.32. The molecule has 41 heavy (non-hydrogen) atoms. The average molecular weight is 568 g/mol. The van der Waals surface area contributed by atoms with Crippen molar-refractivity contribution in [2.24, 2.45) is 7.05 Å². The lowest BCUT2D eigenvalue weighted by Gasteiger charge is -2.12. The zero-order chi connectivity index (χ0) is 28.9. The maximum absolute atomic E-state index is 12.9. The molecule has 0 saturated carbocycles. The molecule has 0 saturated heterocycles. The molecule has 0 bridgehead atoms. The van der Waals surface area contributed by atoms with E-state index in [-0.39, 0.29) is 22.6 Å². The second-order valence-electron chi connectivity index (χ2n) is 8.88. The predicted octanol–water partition coefficient (Wildman–Crippen LogP) is 5.00. The van der Waals surface area contributed by atoms with Gasteiger partial charge in [-0.15, -0.1) is 10.2 Å². The van der Waals surface area contributed by atoms with Gasteiger partial charge in [-0.1, -0.05) is 60.3 Å². The number of hydrogen-bond donors (Lipinski definition) is 1. The lowest BCUT2D eigenvalue weighted by atomic mass is 10.0. The van der Waals surface area contributed by atoms with Gasteiger partial charge in [-0.3, -0.25) is 4.79 Å². The first-order valence-electron chi connectivity index (χ1n) is 12.5. The smallest absolute Gasteiger partial charge is 0.339 e. The number of amides is 1. The SMILES string of the molecule is COC(=O)c1ccc(C(=O)OC)c(NC(=O)CSc2nnc(-c3cc(-c4ccccc4)nc4ccccc34)n2C)c1. The van der Waals surface area contributed by atoms with Crippen molar-refractivity contribution in [3.8, 4) is 22.6 Å². The van der Waals surface area contributed by atoms with E-state index >= 15 is 0 Å². The number of thioether (sulfide) groups is 1. The lowest BCUT2D eigenvalue weighted by molar-refractivity contribution is -0.113. The normalized spacial score (nSPS) is 10.8. The number of carbonyl (C=O) groups excluding carboxylic acids is 3. The summed E-state index contributed by atoms with van der Waals surface area (Å²) in [6, 6.07) is 23.9. The van der Waals surface area contributed by atoms with Crippen LogP contribution in [0.2, 0.25) is 0 Å². The molecular weight excluding hydrogens is 542 g/mol. The van der Waals surface area contributed by atoms with Gasteiger partial charge in [-0.2, -0.15) is 0 Å². The molecule has 11 heteroatoms. The van der Waals surface area contributed by atoms with Gasteiger partial charge in [0.05, 0.1) is 48.0 Å². The van der Waals surface area contributed by atoms with Gasteiger partial charge in [-0.05, 0) is 30.3 Å². The quantitative estimate of drug-likeness (QED) is 0.204. The van der Waals surface area contributed by atoms with Crippen molar-refractivity contribution < 1.29 is 23.9 Å². The van der Waals surface area contributed by atoms with Gasteiger partial charge in [0.2, 0.25) is 5.91 Å². The highest BCUT2D eigenvalue weighted by molar-refractivity contribution is 7.99. The van der Waals surface area contributed by atoms with Crippen molar-refractivity contribution in [2.75, 3.05) is 25.3 Å². The van der Waals surface area contributed by atoms with Crippen LogP contribution >= 0.6 is 11.8 Å². The Hall–Kier alpha value is -5.03. The van der Waals surface area contributed by atoms with Crippen LogP contribution < -0.4 is 5.32 Å². The fraction of sp³-hybridized carbons (Fsp3) is 0.133. The summed E-state index contributed by atoms with van der Waals surface area (Å²) in [5.74, 6) is -1.06. The second kappa shape index (κ2) is 12.0. The number of fused-ring (bicyclic) bond motifs is 1. The molecule has 0 spiro atoms. The molecule has 206 valence electrons. The summed E-state index contributed by atoms with van der Waals surface area (Å²) in [4.78, 5) is 41.9. The maximum atomic E-state index is 12.9. The standard InChI is InChI=1S/C30H25N5O5S/c1-35-27(22-16-24(18-9-5-4-6-10-18)31-23-12-8-7-11-20(22)23)33-34-30(35)41-17-26(36)32-25-15-19(28(37)39-2)13-14-21(25)29(38)40-3/h4-16H,17H2,1-3H3,(H,32,36). The third kappa shape index (κ3) is 5.80. The van der Waals surface area contributed by atoms with Crippen LogP contribution in [-0.2, 0) is 21.3 Å². The van der Waals surface area contributed by atoms with E-state index in [9.17, 15) is 14.4 Å². The summed E-state index contributed by atoms with van der Waals surface area (Å²) in [5, 5.41) is 12.9. The van der Waals surface area contributed by atoms with E-state index in [0.717, 1.165) is 27.7 Å². The molecule has 5 aromatic rings. The highest BCUT2D eigenvalue weighted by Gasteiger charge is 2.20. The topological polar surface area (TPSA) is 125 Å². The van der Waals surface area contributed by atoms with Crippen molar-refractivity contribution in [3.63, 3.8) is 0 Å². The van der Waals surface area contributed by atoms with Gasteiger partial charge in [-0.25, -0.2) is 14.6 Å². The maximum Gasteiger partial charge on any atom is 0.339 e. The van der Waals surface area contributed by atoms with E-state index in [1.807, 2.05) is 72.3 Å². The number of nitrogens with one attached hydrogen (secondary N) is 1. The number of carbonyl (C=O) groups is 3. The van der Waals surface area contributed by atoms with Crippen molar-refractivity contribution in [2.45, 2.75) is 5.16 Å². The Balaban J connectivity index is 1.39. The summed E-state index contributed by atoms with van der Waals surface area (Å²) < 4.78 is 11.4. The number of para-hydroxylation sites is 1. The van der Waals surface area contributed by atoms with E-state index in [1.54, 1.807) is 0 Å². The van der Waals surface area contributed by atoms with Crippen molar-refractivity contribution in [1.29, 1.82) is 0 Å². The van der Waals surface area contributed by atoms with Crippen molar-refractivity contribution in [3.05, 3.63) is 90.0 Å². The van der Waals surface area contributed by atoms with E-state index in [1.165, 1.54) is 44.2 Å². The zero-order valence-electron chi connectivity index (χ0n) is 22.5. The minimum atomic E-state index is -0.651. The molecule has 2 heterocycles. The van der Waals surface area contributed by atoms with Gasteiger partial charge >= 0.3 is 11.9 Å². The van der Waals surface area contributed by atoms with Crippen molar-refractivity contribution in [1.82, 2.24) is 19.7 Å². The van der Waals surface area contributed by atoms with E-state index in [0.29, 0.717) is 11.0 Å². The number of anilines is 1. The van der Waals surface area contributed by atoms with Gasteiger partial charge in [0.25, 0.3) is 0 Å². The molecule has 1 N–H and O–H groups in total. The van der Waals surface area contributed by atoms with Crippen LogP contribution in [0.15, 0.2) is 84.0 Å². The van der Waals surface area contributed by atoms with E-state index in [4.69, 9.17) is 14.5 Å². The van der Waals surface area contributed by atoms with E-state index in [2.05, 4.69) is 15.5 Å². The van der Waals surface area contributed by atoms with Crippen LogP contribution in [0.25, 0.3) is 33.5 Å². The number of pyridine rings is 1. The number of ether oxygens (including phenoxy) is 2. The van der Waals surface area contributed by atoms with Crippen LogP contribution in [0.1, 0.15) is 20.7 Å². The van der Waals surface area contributed by atoms with E-state index < -0.39 is 17.8 Å². The van der Waals surface area contributed by atoms with Crippen LogP contribution in [0, 0.1) is 0 Å². The molecule has 3 aromatic carbocycles. The number of aromatic nitrogens is 4. The number of methoxy groups -OCH3 is 2. The predicted molar refractivity (Wildman–Crippen MR) is 156 cm³/mol. The summed E-state index contributed by atoms with van der Waals surface area (Å²) in [6.45, 7) is 0. The Morgan fingerprint density at radius 2 is 1.61 bits per heavy atom. The third-order valence-electron chi connectivity index (χ3n) is 6.31. The van der Waals surface area contributed by atoms with Crippen LogP contribution in [0.3, 0.4) is 0 Å². The molecule has 0 unspecified atom stereocenters. The second-order valence-corrected chi connectivity index (χ2v) is 9.83. The molecule has 0 aliphatic heterocycles. The number of esters is 2. The fourth-order valence-corrected chi connectivity index (χ4v) is 5.00. The summed E-state index contributed by atoms with van der Waals surface area (Å²) >= 11 is 1.18. The van der Waals surface area contributed by atoms with Crippen LogP contribution in [0.4, 0.5) is 5.69 Å². The number of rotatable bonds is 8. The Labute approximate surface area is 239 Å². The van der Waals surface area contributed by atoms with Gasteiger partial charge < -0.3 is 19.4 Å². The average Bonchev–Trinajstić information content (AvgIpc) is 3.38. The summed E-state index contributed by atoms with van der Waals surface area (Å²) in [5.41, 5.74) is 3.92. The first kappa shape index (κ1) is 27.5.